The summed E-state index contributed by atoms with van der Waals surface area (Å²) in [6.07, 6.45) is 0.323. The van der Waals surface area contributed by atoms with Gasteiger partial charge >= 0.3 is 12.2 Å². The van der Waals surface area contributed by atoms with E-state index in [4.69, 9.17) is 4.43 Å². The zero-order chi connectivity index (χ0) is 13.1. The molecule has 2 amide bonds. The van der Waals surface area contributed by atoms with E-state index in [2.05, 4.69) is 15.0 Å². The second-order valence-electron chi connectivity index (χ2n) is 3.48. The molecule has 7 heteroatoms. The fraction of sp³-hybridized carbons (Fsp3) is 0.800. The average molecular weight is 260 g/mol. The van der Waals surface area contributed by atoms with Crippen molar-refractivity contribution in [2.24, 2.45) is 10.2 Å². The number of carbonyl (C=O) groups excluding carboxylic acids is 2. The largest absolute Gasteiger partial charge is 0.504 e. The summed E-state index contributed by atoms with van der Waals surface area (Å²) in [5, 5.41) is 6.27. The summed E-state index contributed by atoms with van der Waals surface area (Å²) < 4.78 is 9.69. The van der Waals surface area contributed by atoms with Gasteiger partial charge in [-0.15, -0.1) is 0 Å². The minimum absolute atomic E-state index is 0.204. The van der Waals surface area contributed by atoms with Gasteiger partial charge in [0.05, 0.1) is 6.61 Å². The van der Waals surface area contributed by atoms with Gasteiger partial charge in [-0.3, -0.25) is 0 Å². The van der Waals surface area contributed by atoms with Gasteiger partial charge in [-0.1, -0.05) is 36.9 Å². The molecule has 0 bridgehead atoms. The summed E-state index contributed by atoms with van der Waals surface area (Å²) in [7, 11) is -1.53. The van der Waals surface area contributed by atoms with E-state index in [9.17, 15) is 9.59 Å². The lowest BCUT2D eigenvalue weighted by atomic mass is 10.6. The van der Waals surface area contributed by atoms with Crippen molar-refractivity contribution >= 4 is 21.2 Å². The van der Waals surface area contributed by atoms with Crippen LogP contribution in [0.3, 0.4) is 0 Å². The molecule has 0 rings (SSSR count). The lowest BCUT2D eigenvalue weighted by Crippen LogP contribution is -2.20. The summed E-state index contributed by atoms with van der Waals surface area (Å²) in [6.45, 7) is 5.94. The normalized spacial score (nSPS) is 10.8. The Kier molecular flexibility index (Phi) is 9.22. The number of hydrogen-bond donors (Lipinski definition) is 0. The zero-order valence-electron chi connectivity index (χ0n) is 10.6. The molecule has 0 aliphatic heterocycles. The molecule has 0 atom stereocenters. The van der Waals surface area contributed by atoms with Gasteiger partial charge in [0.15, 0.2) is 0 Å². The van der Waals surface area contributed by atoms with Crippen LogP contribution in [0.25, 0.3) is 0 Å². The highest BCUT2D eigenvalue weighted by atomic mass is 28.3. The molecule has 0 radical (unpaired) electrons. The molecule has 0 aliphatic carbocycles. The Morgan fingerprint density at radius 1 is 1.00 bits per heavy atom. The van der Waals surface area contributed by atoms with Crippen LogP contribution in [-0.4, -0.2) is 27.8 Å². The second-order valence-corrected chi connectivity index (χ2v) is 6.12. The SMILES string of the molecule is CCC[SiH](CCC)OC(=O)N=NC(=O)OCC. The zero-order valence-corrected chi connectivity index (χ0v) is 11.8. The molecule has 0 aromatic carbocycles. The molecule has 0 aromatic heterocycles. The highest BCUT2D eigenvalue weighted by Crippen LogP contribution is 2.08. The number of nitrogens with zero attached hydrogens (tertiary/aromatic N) is 2. The molecule has 17 heavy (non-hydrogen) atoms. The molecule has 0 unspecified atom stereocenters. The van der Waals surface area contributed by atoms with Crippen LogP contribution in [0.5, 0.6) is 0 Å². The molecule has 0 aromatic rings. The summed E-state index contributed by atoms with van der Waals surface area (Å²) in [6, 6.07) is 1.85. The second kappa shape index (κ2) is 9.95. The Morgan fingerprint density at radius 3 is 2.00 bits per heavy atom. The summed E-state index contributed by atoms with van der Waals surface area (Å²) in [5.41, 5.74) is 0. The van der Waals surface area contributed by atoms with Crippen molar-refractivity contribution in [2.45, 2.75) is 45.7 Å². The van der Waals surface area contributed by atoms with Crippen LogP contribution in [-0.2, 0) is 9.16 Å². The third-order valence-electron chi connectivity index (χ3n) is 1.97. The molecule has 6 nitrogen and oxygen atoms in total. The molecule has 98 valence electrons. The summed E-state index contributed by atoms with van der Waals surface area (Å²) >= 11 is 0. The summed E-state index contributed by atoms with van der Waals surface area (Å²) in [4.78, 5) is 22.1. The third kappa shape index (κ3) is 8.55. The first-order valence-corrected chi connectivity index (χ1v) is 8.03. The van der Waals surface area contributed by atoms with Gasteiger partial charge in [-0.05, 0) is 19.0 Å². The Balaban J connectivity index is 4.08. The smallest absolute Gasteiger partial charge is 0.452 e. The number of amides is 2. The van der Waals surface area contributed by atoms with Crippen molar-refractivity contribution in [3.05, 3.63) is 0 Å². The van der Waals surface area contributed by atoms with Crippen molar-refractivity contribution in [3.63, 3.8) is 0 Å². The maximum absolute atomic E-state index is 11.3. The van der Waals surface area contributed by atoms with Crippen LogP contribution in [0.4, 0.5) is 9.59 Å². The van der Waals surface area contributed by atoms with E-state index in [0.29, 0.717) is 0 Å². The molecule has 0 saturated carbocycles. The molecular weight excluding hydrogens is 240 g/mol. The first-order chi connectivity index (χ1) is 8.13. The van der Waals surface area contributed by atoms with E-state index in [0.717, 1.165) is 24.9 Å². The molecule has 0 fully saturated rings. The number of carbonyl (C=O) groups is 2. The van der Waals surface area contributed by atoms with Gasteiger partial charge < -0.3 is 9.16 Å². The van der Waals surface area contributed by atoms with Crippen LogP contribution in [0.2, 0.25) is 12.1 Å². The Hall–Kier alpha value is -1.24. The molecule has 0 spiro atoms. The highest BCUT2D eigenvalue weighted by Gasteiger charge is 2.15. The van der Waals surface area contributed by atoms with E-state index >= 15 is 0 Å². The highest BCUT2D eigenvalue weighted by molar-refractivity contribution is 6.53. The minimum Gasteiger partial charge on any atom is -0.504 e. The molecule has 0 heterocycles. The number of azo groups is 1. The Morgan fingerprint density at radius 2 is 1.53 bits per heavy atom. The van der Waals surface area contributed by atoms with Crippen molar-refractivity contribution in [1.29, 1.82) is 0 Å². The fourth-order valence-corrected chi connectivity index (χ4v) is 3.45. The molecule has 0 N–H and O–H groups in total. The maximum Gasteiger partial charge on any atom is 0.452 e. The van der Waals surface area contributed by atoms with Crippen molar-refractivity contribution in [1.82, 2.24) is 0 Å². The van der Waals surface area contributed by atoms with E-state index in [-0.39, 0.29) is 6.61 Å². The van der Waals surface area contributed by atoms with Crippen LogP contribution in [0, 0.1) is 0 Å². The summed E-state index contributed by atoms with van der Waals surface area (Å²) in [5.74, 6) is 0. The predicted octanol–water partition coefficient (Wildman–Crippen LogP) is 3.28. The van der Waals surface area contributed by atoms with Gasteiger partial charge in [0.2, 0.25) is 9.04 Å². The van der Waals surface area contributed by atoms with Crippen LogP contribution < -0.4 is 0 Å². The minimum atomic E-state index is -1.53. The maximum atomic E-state index is 11.3. The number of hydrogen-bond acceptors (Lipinski definition) is 4. The van der Waals surface area contributed by atoms with E-state index in [1.165, 1.54) is 0 Å². The fourth-order valence-electron chi connectivity index (χ4n) is 1.31. The van der Waals surface area contributed by atoms with Gasteiger partial charge in [0.25, 0.3) is 0 Å². The lowest BCUT2D eigenvalue weighted by molar-refractivity contribution is 0.160. The van der Waals surface area contributed by atoms with E-state index < -0.39 is 21.2 Å². The van der Waals surface area contributed by atoms with Crippen LogP contribution in [0.1, 0.15) is 33.6 Å². The third-order valence-corrected chi connectivity index (χ3v) is 4.95. The van der Waals surface area contributed by atoms with Gasteiger partial charge in [-0.2, -0.15) is 0 Å². The first kappa shape index (κ1) is 15.8. The van der Waals surface area contributed by atoms with Crippen molar-refractivity contribution in [3.8, 4) is 0 Å². The topological polar surface area (TPSA) is 77.3 Å². The van der Waals surface area contributed by atoms with Crippen LogP contribution >= 0.6 is 0 Å². The van der Waals surface area contributed by atoms with E-state index in [1.807, 2.05) is 13.8 Å². The molecule has 0 saturated heterocycles. The van der Waals surface area contributed by atoms with Gasteiger partial charge in [0, 0.05) is 0 Å². The monoisotopic (exact) mass is 260 g/mol. The lowest BCUT2D eigenvalue weighted by Gasteiger charge is -2.11. The molecule has 0 aliphatic rings. The Bertz CT molecular complexity index is 265. The number of ether oxygens (including phenoxy) is 1. The van der Waals surface area contributed by atoms with E-state index in [1.54, 1.807) is 6.92 Å². The molecular formula is C10H20N2O4Si. The Labute approximate surface area is 103 Å². The standard InChI is InChI=1S/C10H20N2O4Si/c1-4-7-17(8-5-2)16-10(14)12-11-9(13)15-6-3/h17H,4-8H2,1-3H3. The predicted molar refractivity (Wildman–Crippen MR) is 65.7 cm³/mol. The number of rotatable bonds is 6. The van der Waals surface area contributed by atoms with Gasteiger partial charge in [-0.25, -0.2) is 9.59 Å². The van der Waals surface area contributed by atoms with Crippen molar-refractivity contribution < 1.29 is 18.8 Å². The van der Waals surface area contributed by atoms with Crippen molar-refractivity contribution in [2.75, 3.05) is 6.61 Å². The first-order valence-electron chi connectivity index (χ1n) is 5.93. The quantitative estimate of drug-likeness (QED) is 0.542. The average Bonchev–Trinajstić information content (AvgIpc) is 2.27. The van der Waals surface area contributed by atoms with Crippen LogP contribution in [0.15, 0.2) is 10.2 Å². The van der Waals surface area contributed by atoms with Gasteiger partial charge in [0.1, 0.15) is 0 Å².